The normalized spacial score (nSPS) is 12.6. The fourth-order valence-electron chi connectivity index (χ4n) is 1.33. The highest BCUT2D eigenvalue weighted by Crippen LogP contribution is 2.07. The summed E-state index contributed by atoms with van der Waals surface area (Å²) in [7, 11) is 0. The number of rotatable bonds is 6. The van der Waals surface area contributed by atoms with Gasteiger partial charge >= 0.3 is 5.97 Å². The van der Waals surface area contributed by atoms with E-state index in [9.17, 15) is 9.59 Å². The summed E-state index contributed by atoms with van der Waals surface area (Å²) in [5.41, 5.74) is 0. The van der Waals surface area contributed by atoms with Crippen molar-refractivity contribution < 1.29 is 14.7 Å². The Morgan fingerprint density at radius 2 is 1.79 bits per heavy atom. The molecular formula is C10H19NO3. The third kappa shape index (κ3) is 4.84. The van der Waals surface area contributed by atoms with E-state index >= 15 is 0 Å². The predicted octanol–water partition coefficient (Wildman–Crippen LogP) is 1.40. The number of nitrogens with one attached hydrogen (secondary N) is 1. The van der Waals surface area contributed by atoms with Gasteiger partial charge in [-0.2, -0.15) is 0 Å². The maximum absolute atomic E-state index is 11.5. The van der Waals surface area contributed by atoms with Crippen LogP contribution in [-0.4, -0.2) is 23.0 Å². The molecule has 0 heterocycles. The van der Waals surface area contributed by atoms with Crippen molar-refractivity contribution in [1.82, 2.24) is 5.32 Å². The van der Waals surface area contributed by atoms with Crippen molar-refractivity contribution >= 4 is 11.9 Å². The van der Waals surface area contributed by atoms with Crippen molar-refractivity contribution in [2.75, 3.05) is 0 Å². The minimum Gasteiger partial charge on any atom is -0.481 e. The molecule has 1 atom stereocenters. The highest BCUT2D eigenvalue weighted by atomic mass is 16.4. The average molecular weight is 201 g/mol. The first-order valence-electron chi connectivity index (χ1n) is 5.03. The number of hydrogen-bond donors (Lipinski definition) is 2. The van der Waals surface area contributed by atoms with Crippen LogP contribution >= 0.6 is 0 Å². The summed E-state index contributed by atoms with van der Waals surface area (Å²) in [6.07, 6.45) is 1.57. The zero-order chi connectivity index (χ0) is 11.1. The van der Waals surface area contributed by atoms with Gasteiger partial charge < -0.3 is 10.4 Å². The molecule has 0 aliphatic heterocycles. The smallest absolute Gasteiger partial charge is 0.305 e. The summed E-state index contributed by atoms with van der Waals surface area (Å²) in [6.45, 7) is 5.61. The first-order chi connectivity index (χ1) is 6.51. The second kappa shape index (κ2) is 6.40. The number of aliphatic carboxylic acids is 1. The standard InChI is InChI=1S/C10H19NO3/c1-4-8(5-2)10(14)11-7(3)6-9(12)13/h7-8H,4-6H2,1-3H3,(H,11,14)(H,12,13). The van der Waals surface area contributed by atoms with E-state index in [0.29, 0.717) is 0 Å². The number of carbonyl (C=O) groups is 2. The third-order valence-corrected chi connectivity index (χ3v) is 2.23. The molecule has 1 amide bonds. The van der Waals surface area contributed by atoms with E-state index in [2.05, 4.69) is 5.32 Å². The molecule has 0 aliphatic carbocycles. The quantitative estimate of drug-likeness (QED) is 0.682. The molecule has 0 bridgehead atoms. The van der Waals surface area contributed by atoms with Crippen LogP contribution < -0.4 is 5.32 Å². The van der Waals surface area contributed by atoms with Crippen LogP contribution in [-0.2, 0) is 9.59 Å². The molecule has 0 spiro atoms. The van der Waals surface area contributed by atoms with E-state index in [1.807, 2.05) is 13.8 Å². The molecule has 82 valence electrons. The van der Waals surface area contributed by atoms with E-state index in [0.717, 1.165) is 12.8 Å². The lowest BCUT2D eigenvalue weighted by atomic mass is 10.0. The zero-order valence-corrected chi connectivity index (χ0v) is 9.04. The molecule has 0 aromatic heterocycles. The second-order valence-electron chi connectivity index (χ2n) is 3.52. The molecule has 2 N–H and O–H groups in total. The Bertz CT molecular complexity index is 200. The van der Waals surface area contributed by atoms with Crippen LogP contribution in [0.3, 0.4) is 0 Å². The van der Waals surface area contributed by atoms with Gasteiger partial charge in [0.25, 0.3) is 0 Å². The van der Waals surface area contributed by atoms with E-state index in [1.165, 1.54) is 0 Å². The first-order valence-corrected chi connectivity index (χ1v) is 5.03. The van der Waals surface area contributed by atoms with Crippen LogP contribution in [0.5, 0.6) is 0 Å². The van der Waals surface area contributed by atoms with Crippen molar-refractivity contribution in [2.45, 2.75) is 46.1 Å². The number of carbonyl (C=O) groups excluding carboxylic acids is 1. The third-order valence-electron chi connectivity index (χ3n) is 2.23. The van der Waals surface area contributed by atoms with Gasteiger partial charge in [-0.15, -0.1) is 0 Å². The van der Waals surface area contributed by atoms with Gasteiger partial charge in [0, 0.05) is 12.0 Å². The molecule has 0 saturated heterocycles. The van der Waals surface area contributed by atoms with Crippen molar-refractivity contribution in [3.8, 4) is 0 Å². The molecular weight excluding hydrogens is 182 g/mol. The fourth-order valence-corrected chi connectivity index (χ4v) is 1.33. The highest BCUT2D eigenvalue weighted by molar-refractivity contribution is 5.79. The molecule has 4 heteroatoms. The van der Waals surface area contributed by atoms with Crippen molar-refractivity contribution in [3.63, 3.8) is 0 Å². The molecule has 4 nitrogen and oxygen atoms in total. The minimum absolute atomic E-state index is 0.00578. The zero-order valence-electron chi connectivity index (χ0n) is 9.04. The van der Waals surface area contributed by atoms with Gasteiger partial charge in [0.15, 0.2) is 0 Å². The lowest BCUT2D eigenvalue weighted by Gasteiger charge is -2.16. The van der Waals surface area contributed by atoms with E-state index in [1.54, 1.807) is 6.92 Å². The van der Waals surface area contributed by atoms with Gasteiger partial charge in [-0.1, -0.05) is 13.8 Å². The Balaban J connectivity index is 3.97. The Morgan fingerprint density at radius 1 is 1.29 bits per heavy atom. The lowest BCUT2D eigenvalue weighted by Crippen LogP contribution is -2.38. The van der Waals surface area contributed by atoms with E-state index in [4.69, 9.17) is 5.11 Å². The van der Waals surface area contributed by atoms with Gasteiger partial charge in [-0.3, -0.25) is 9.59 Å². The summed E-state index contributed by atoms with van der Waals surface area (Å²) < 4.78 is 0. The summed E-state index contributed by atoms with van der Waals surface area (Å²) in [5, 5.41) is 11.2. The van der Waals surface area contributed by atoms with Crippen LogP contribution in [0.15, 0.2) is 0 Å². The molecule has 1 unspecified atom stereocenters. The summed E-state index contributed by atoms with van der Waals surface area (Å²) in [5.74, 6) is -0.919. The van der Waals surface area contributed by atoms with Crippen LogP contribution in [0.4, 0.5) is 0 Å². The summed E-state index contributed by atoms with van der Waals surface area (Å²) >= 11 is 0. The van der Waals surface area contributed by atoms with Crippen LogP contribution in [0.2, 0.25) is 0 Å². The van der Waals surface area contributed by atoms with Gasteiger partial charge in [-0.25, -0.2) is 0 Å². The van der Waals surface area contributed by atoms with Crippen molar-refractivity contribution in [2.24, 2.45) is 5.92 Å². The summed E-state index contributed by atoms with van der Waals surface area (Å²) in [4.78, 5) is 21.8. The van der Waals surface area contributed by atoms with Gasteiger partial charge in [-0.05, 0) is 19.8 Å². The average Bonchev–Trinajstić information content (AvgIpc) is 2.04. The molecule has 0 rings (SSSR count). The topological polar surface area (TPSA) is 66.4 Å². The first kappa shape index (κ1) is 12.9. The molecule has 14 heavy (non-hydrogen) atoms. The Labute approximate surface area is 84.7 Å². The molecule has 0 fully saturated rings. The largest absolute Gasteiger partial charge is 0.481 e. The van der Waals surface area contributed by atoms with Crippen LogP contribution in [0, 0.1) is 5.92 Å². The van der Waals surface area contributed by atoms with Crippen LogP contribution in [0.1, 0.15) is 40.0 Å². The predicted molar refractivity (Wildman–Crippen MR) is 53.9 cm³/mol. The van der Waals surface area contributed by atoms with Gasteiger partial charge in [0.2, 0.25) is 5.91 Å². The molecule has 0 aliphatic rings. The molecule has 0 aromatic rings. The summed E-state index contributed by atoms with van der Waals surface area (Å²) in [6, 6.07) is -0.291. The van der Waals surface area contributed by atoms with Crippen molar-refractivity contribution in [3.05, 3.63) is 0 Å². The number of amides is 1. The minimum atomic E-state index is -0.887. The Hall–Kier alpha value is -1.06. The van der Waals surface area contributed by atoms with E-state index in [-0.39, 0.29) is 24.3 Å². The monoisotopic (exact) mass is 201 g/mol. The molecule has 0 radical (unpaired) electrons. The fraction of sp³-hybridized carbons (Fsp3) is 0.800. The molecule has 0 saturated carbocycles. The molecule has 0 aromatic carbocycles. The number of hydrogen-bond acceptors (Lipinski definition) is 2. The SMILES string of the molecule is CCC(CC)C(=O)NC(C)CC(=O)O. The van der Waals surface area contributed by atoms with Crippen molar-refractivity contribution in [1.29, 1.82) is 0 Å². The maximum Gasteiger partial charge on any atom is 0.305 e. The van der Waals surface area contributed by atoms with E-state index < -0.39 is 5.97 Å². The van der Waals surface area contributed by atoms with Gasteiger partial charge in [0.1, 0.15) is 0 Å². The van der Waals surface area contributed by atoms with Gasteiger partial charge in [0.05, 0.1) is 6.42 Å². The number of carboxylic acid groups (broad SMARTS) is 1. The maximum atomic E-state index is 11.5. The number of carboxylic acids is 1. The van der Waals surface area contributed by atoms with Crippen LogP contribution in [0.25, 0.3) is 0 Å². The Kier molecular flexibility index (Phi) is 5.92. The highest BCUT2D eigenvalue weighted by Gasteiger charge is 2.17. The lowest BCUT2D eigenvalue weighted by molar-refractivity contribution is -0.137. The second-order valence-corrected chi connectivity index (χ2v) is 3.52. The Morgan fingerprint density at radius 3 is 2.14 bits per heavy atom.